The summed E-state index contributed by atoms with van der Waals surface area (Å²) >= 11 is 0. The molecule has 3 aromatic rings. The summed E-state index contributed by atoms with van der Waals surface area (Å²) in [4.78, 5) is 21.2. The third kappa shape index (κ3) is 2.18. The van der Waals surface area contributed by atoms with E-state index in [1.807, 2.05) is 38.1 Å². The van der Waals surface area contributed by atoms with Gasteiger partial charge in [0.25, 0.3) is 0 Å². The van der Waals surface area contributed by atoms with E-state index in [9.17, 15) is 4.79 Å². The van der Waals surface area contributed by atoms with Crippen molar-refractivity contribution < 1.29 is 4.79 Å². The summed E-state index contributed by atoms with van der Waals surface area (Å²) in [6.07, 6.45) is 3.24. The molecule has 1 heterocycles. The van der Waals surface area contributed by atoms with Crippen molar-refractivity contribution in [2.45, 2.75) is 13.8 Å². The van der Waals surface area contributed by atoms with Crippen LogP contribution < -0.4 is 0 Å². The fourth-order valence-corrected chi connectivity index (χ4v) is 2.44. The van der Waals surface area contributed by atoms with Crippen LogP contribution in [0, 0.1) is 13.8 Å². The predicted octanol–water partition coefficient (Wildman–Crippen LogP) is 3.48. The van der Waals surface area contributed by atoms with Gasteiger partial charge in [-0.3, -0.25) is 14.8 Å². The minimum atomic E-state index is -0.0112. The van der Waals surface area contributed by atoms with Crippen LogP contribution in [0.1, 0.15) is 27.0 Å². The first-order valence-corrected chi connectivity index (χ1v) is 6.48. The van der Waals surface area contributed by atoms with Gasteiger partial charge in [-0.15, -0.1) is 0 Å². The van der Waals surface area contributed by atoms with Crippen molar-refractivity contribution in [3.63, 3.8) is 0 Å². The van der Waals surface area contributed by atoms with E-state index in [4.69, 9.17) is 0 Å². The third-order valence-electron chi connectivity index (χ3n) is 3.23. The number of rotatable bonds is 2. The van der Waals surface area contributed by atoms with Crippen LogP contribution in [0.25, 0.3) is 11.0 Å². The molecule has 1 aromatic heterocycles. The van der Waals surface area contributed by atoms with Gasteiger partial charge >= 0.3 is 0 Å². The van der Waals surface area contributed by atoms with Crippen molar-refractivity contribution in [1.29, 1.82) is 0 Å². The van der Waals surface area contributed by atoms with Gasteiger partial charge in [-0.25, -0.2) is 0 Å². The van der Waals surface area contributed by atoms with Crippen LogP contribution in [0.3, 0.4) is 0 Å². The molecule has 3 rings (SSSR count). The fraction of sp³-hybridized carbons (Fsp3) is 0.118. The van der Waals surface area contributed by atoms with Crippen molar-refractivity contribution >= 4 is 16.8 Å². The largest absolute Gasteiger partial charge is 0.289 e. The van der Waals surface area contributed by atoms with Crippen LogP contribution >= 0.6 is 0 Å². The van der Waals surface area contributed by atoms with Gasteiger partial charge in [0, 0.05) is 18.0 Å². The number of hydrogen-bond acceptors (Lipinski definition) is 3. The molecule has 0 fully saturated rings. The maximum Gasteiger partial charge on any atom is 0.195 e. The molecule has 0 bridgehead atoms. The number of hydrogen-bond donors (Lipinski definition) is 0. The van der Waals surface area contributed by atoms with Gasteiger partial charge in [-0.1, -0.05) is 23.3 Å². The standard InChI is InChI=1S/C17H14N2O/c1-11-8-12(2)10-13(9-11)17(20)14-4-3-5-15-16(14)19-7-6-18-15/h3-10H,1-2H3. The van der Waals surface area contributed by atoms with E-state index in [1.54, 1.807) is 18.5 Å². The Morgan fingerprint density at radius 2 is 1.65 bits per heavy atom. The van der Waals surface area contributed by atoms with Crippen LogP contribution in [0.2, 0.25) is 0 Å². The monoisotopic (exact) mass is 262 g/mol. The average Bonchev–Trinajstić information content (AvgIpc) is 2.45. The molecule has 0 saturated carbocycles. The molecule has 0 amide bonds. The lowest BCUT2D eigenvalue weighted by Crippen LogP contribution is -2.04. The van der Waals surface area contributed by atoms with Crippen LogP contribution in [-0.4, -0.2) is 15.8 Å². The zero-order valence-corrected chi connectivity index (χ0v) is 11.4. The first-order chi connectivity index (χ1) is 9.65. The number of fused-ring (bicyclic) bond motifs is 1. The quantitative estimate of drug-likeness (QED) is 0.664. The van der Waals surface area contributed by atoms with Crippen molar-refractivity contribution in [3.05, 3.63) is 71.0 Å². The highest BCUT2D eigenvalue weighted by Gasteiger charge is 2.14. The Morgan fingerprint density at radius 1 is 0.950 bits per heavy atom. The maximum absolute atomic E-state index is 12.7. The molecular formula is C17H14N2O. The van der Waals surface area contributed by atoms with Crippen LogP contribution in [0.15, 0.2) is 48.8 Å². The van der Waals surface area contributed by atoms with E-state index < -0.39 is 0 Å². The number of benzene rings is 2. The van der Waals surface area contributed by atoms with Crippen LogP contribution in [0.4, 0.5) is 0 Å². The van der Waals surface area contributed by atoms with Crippen LogP contribution in [-0.2, 0) is 0 Å². The van der Waals surface area contributed by atoms with E-state index in [0.717, 1.165) is 16.6 Å². The smallest absolute Gasteiger partial charge is 0.195 e. The summed E-state index contributed by atoms with van der Waals surface area (Å²) in [6, 6.07) is 11.4. The minimum Gasteiger partial charge on any atom is -0.289 e. The Hall–Kier alpha value is -2.55. The van der Waals surface area contributed by atoms with E-state index >= 15 is 0 Å². The molecule has 3 nitrogen and oxygen atoms in total. The van der Waals surface area contributed by atoms with E-state index in [0.29, 0.717) is 16.6 Å². The molecule has 3 heteroatoms. The number of carbonyl (C=O) groups excluding carboxylic acids is 1. The molecule has 0 spiro atoms. The number of carbonyl (C=O) groups is 1. The first-order valence-electron chi connectivity index (χ1n) is 6.48. The summed E-state index contributed by atoms with van der Waals surface area (Å²) < 4.78 is 0. The fourth-order valence-electron chi connectivity index (χ4n) is 2.44. The number of nitrogens with zero attached hydrogens (tertiary/aromatic N) is 2. The van der Waals surface area contributed by atoms with Crippen LogP contribution in [0.5, 0.6) is 0 Å². The maximum atomic E-state index is 12.7. The van der Waals surface area contributed by atoms with Crippen molar-refractivity contribution in [1.82, 2.24) is 9.97 Å². The summed E-state index contributed by atoms with van der Waals surface area (Å²) in [5.74, 6) is -0.0112. The Kier molecular flexibility index (Phi) is 3.03. The second kappa shape index (κ2) is 4.85. The molecule has 20 heavy (non-hydrogen) atoms. The first kappa shape index (κ1) is 12.5. The highest BCUT2D eigenvalue weighted by Crippen LogP contribution is 2.19. The Labute approximate surface area is 117 Å². The highest BCUT2D eigenvalue weighted by atomic mass is 16.1. The molecule has 2 aromatic carbocycles. The topological polar surface area (TPSA) is 42.9 Å². The van der Waals surface area contributed by atoms with Gasteiger partial charge in [0.15, 0.2) is 5.78 Å². The van der Waals surface area contributed by atoms with E-state index in [-0.39, 0.29) is 5.78 Å². The minimum absolute atomic E-state index is 0.0112. The molecule has 0 N–H and O–H groups in total. The van der Waals surface area contributed by atoms with E-state index in [1.165, 1.54) is 0 Å². The Balaban J connectivity index is 2.17. The van der Waals surface area contributed by atoms with Gasteiger partial charge in [-0.2, -0.15) is 0 Å². The van der Waals surface area contributed by atoms with Crippen molar-refractivity contribution in [2.24, 2.45) is 0 Å². The number of aryl methyl sites for hydroxylation is 2. The lowest BCUT2D eigenvalue weighted by atomic mass is 9.98. The normalized spacial score (nSPS) is 10.7. The van der Waals surface area contributed by atoms with Gasteiger partial charge in [0.1, 0.15) is 0 Å². The number of ketones is 1. The molecule has 0 atom stereocenters. The lowest BCUT2D eigenvalue weighted by molar-refractivity contribution is 0.104. The molecular weight excluding hydrogens is 248 g/mol. The number of aromatic nitrogens is 2. The highest BCUT2D eigenvalue weighted by molar-refractivity contribution is 6.15. The third-order valence-corrected chi connectivity index (χ3v) is 3.23. The molecule has 0 radical (unpaired) electrons. The Bertz CT molecular complexity index is 783. The average molecular weight is 262 g/mol. The van der Waals surface area contributed by atoms with Gasteiger partial charge in [0.05, 0.1) is 16.6 Å². The second-order valence-electron chi connectivity index (χ2n) is 4.94. The molecule has 0 aliphatic carbocycles. The van der Waals surface area contributed by atoms with Gasteiger partial charge in [0.2, 0.25) is 0 Å². The SMILES string of the molecule is Cc1cc(C)cc(C(=O)c2cccc3nccnc23)c1. The van der Waals surface area contributed by atoms with Gasteiger partial charge < -0.3 is 0 Å². The van der Waals surface area contributed by atoms with Crippen molar-refractivity contribution in [3.8, 4) is 0 Å². The molecule has 98 valence electrons. The summed E-state index contributed by atoms with van der Waals surface area (Å²) in [5.41, 5.74) is 4.85. The van der Waals surface area contributed by atoms with Gasteiger partial charge in [-0.05, 0) is 38.1 Å². The molecule has 0 aliphatic rings. The summed E-state index contributed by atoms with van der Waals surface area (Å²) in [7, 11) is 0. The summed E-state index contributed by atoms with van der Waals surface area (Å²) in [5, 5.41) is 0. The number of para-hydroxylation sites is 1. The second-order valence-corrected chi connectivity index (χ2v) is 4.94. The molecule has 0 saturated heterocycles. The lowest BCUT2D eigenvalue weighted by Gasteiger charge is -2.06. The van der Waals surface area contributed by atoms with Crippen molar-refractivity contribution in [2.75, 3.05) is 0 Å². The zero-order chi connectivity index (χ0) is 14.1. The predicted molar refractivity (Wildman–Crippen MR) is 78.9 cm³/mol. The molecule has 0 unspecified atom stereocenters. The zero-order valence-electron chi connectivity index (χ0n) is 11.4. The summed E-state index contributed by atoms with van der Waals surface area (Å²) in [6.45, 7) is 3.99. The molecule has 0 aliphatic heterocycles. The Morgan fingerprint density at radius 3 is 2.40 bits per heavy atom. The van der Waals surface area contributed by atoms with E-state index in [2.05, 4.69) is 16.0 Å².